The minimum absolute atomic E-state index is 0.343. The van der Waals surface area contributed by atoms with Crippen LogP contribution >= 0.6 is 11.6 Å². The van der Waals surface area contributed by atoms with Crippen molar-refractivity contribution in [2.24, 2.45) is 0 Å². The molecule has 126 valence electrons. The van der Waals surface area contributed by atoms with Gasteiger partial charge in [0.05, 0.1) is 11.9 Å². The molecule has 1 aliphatic rings. The maximum absolute atomic E-state index is 13.4. The predicted molar refractivity (Wildman–Crippen MR) is 92.3 cm³/mol. The van der Waals surface area contributed by atoms with E-state index in [0.717, 1.165) is 36.0 Å². The fourth-order valence-electron chi connectivity index (χ4n) is 2.96. The highest BCUT2D eigenvalue weighted by Gasteiger charge is 2.20. The van der Waals surface area contributed by atoms with Crippen molar-refractivity contribution in [3.63, 3.8) is 0 Å². The maximum atomic E-state index is 13.4. The standard InChI is InChI=1S/C18H15ClFN5/c19-17-13(6-15(20)9-22-17)10-25-5-3-16-14(11-25)8-23-18(24-16)12-2-1-4-21-7-12/h1-2,4,6-9H,3,5,10-11H2. The molecular weight excluding hydrogens is 341 g/mol. The first kappa shape index (κ1) is 16.1. The summed E-state index contributed by atoms with van der Waals surface area (Å²) in [5.41, 5.74) is 3.73. The van der Waals surface area contributed by atoms with Gasteiger partial charge in [0.15, 0.2) is 5.82 Å². The van der Waals surface area contributed by atoms with Crippen molar-refractivity contribution < 1.29 is 4.39 Å². The van der Waals surface area contributed by atoms with Crippen LogP contribution in [0.4, 0.5) is 4.39 Å². The highest BCUT2D eigenvalue weighted by Crippen LogP contribution is 2.23. The van der Waals surface area contributed by atoms with Gasteiger partial charge >= 0.3 is 0 Å². The summed E-state index contributed by atoms with van der Waals surface area (Å²) in [6.45, 7) is 2.08. The van der Waals surface area contributed by atoms with E-state index in [1.165, 1.54) is 6.07 Å². The van der Waals surface area contributed by atoms with Gasteiger partial charge in [0.2, 0.25) is 0 Å². The summed E-state index contributed by atoms with van der Waals surface area (Å²) in [4.78, 5) is 19.3. The zero-order chi connectivity index (χ0) is 17.2. The molecule has 0 fully saturated rings. The molecule has 0 atom stereocenters. The van der Waals surface area contributed by atoms with Crippen LogP contribution < -0.4 is 0 Å². The van der Waals surface area contributed by atoms with Crippen molar-refractivity contribution in [1.82, 2.24) is 24.8 Å². The van der Waals surface area contributed by atoms with E-state index in [-0.39, 0.29) is 5.82 Å². The Morgan fingerprint density at radius 3 is 2.96 bits per heavy atom. The molecule has 4 heterocycles. The average molecular weight is 356 g/mol. The topological polar surface area (TPSA) is 54.8 Å². The lowest BCUT2D eigenvalue weighted by Crippen LogP contribution is -2.31. The molecule has 0 unspecified atom stereocenters. The molecule has 0 bridgehead atoms. The smallest absolute Gasteiger partial charge is 0.160 e. The number of hydrogen-bond acceptors (Lipinski definition) is 5. The van der Waals surface area contributed by atoms with Gasteiger partial charge in [-0.05, 0) is 18.2 Å². The van der Waals surface area contributed by atoms with E-state index in [9.17, 15) is 4.39 Å². The van der Waals surface area contributed by atoms with Crippen LogP contribution in [0.2, 0.25) is 5.15 Å². The Morgan fingerprint density at radius 1 is 1.20 bits per heavy atom. The SMILES string of the molecule is Fc1cnc(Cl)c(CN2CCc3nc(-c4cccnc4)ncc3C2)c1. The molecule has 0 N–H and O–H groups in total. The fourth-order valence-corrected chi connectivity index (χ4v) is 3.12. The number of hydrogen-bond donors (Lipinski definition) is 0. The Balaban J connectivity index is 1.53. The molecule has 25 heavy (non-hydrogen) atoms. The molecule has 0 amide bonds. The molecule has 0 radical (unpaired) electrons. The van der Waals surface area contributed by atoms with Crippen LogP contribution in [-0.2, 0) is 19.5 Å². The van der Waals surface area contributed by atoms with Gasteiger partial charge < -0.3 is 0 Å². The van der Waals surface area contributed by atoms with Crippen LogP contribution in [-0.4, -0.2) is 31.4 Å². The van der Waals surface area contributed by atoms with Crippen molar-refractivity contribution in [2.75, 3.05) is 6.54 Å². The summed E-state index contributed by atoms with van der Waals surface area (Å²) in [6, 6.07) is 5.26. The third-order valence-electron chi connectivity index (χ3n) is 4.20. The molecule has 0 saturated carbocycles. The summed E-state index contributed by atoms with van der Waals surface area (Å²) in [7, 11) is 0. The second-order valence-electron chi connectivity index (χ2n) is 5.97. The first-order chi connectivity index (χ1) is 12.2. The van der Waals surface area contributed by atoms with Gasteiger partial charge in [-0.25, -0.2) is 19.3 Å². The molecule has 7 heteroatoms. The van der Waals surface area contributed by atoms with Gasteiger partial charge in [-0.1, -0.05) is 11.6 Å². The summed E-state index contributed by atoms with van der Waals surface area (Å²) in [5.74, 6) is 0.318. The Bertz CT molecular complexity index is 903. The van der Waals surface area contributed by atoms with Crippen molar-refractivity contribution in [3.05, 3.63) is 70.8 Å². The summed E-state index contributed by atoms with van der Waals surface area (Å²) >= 11 is 6.07. The number of rotatable bonds is 3. The van der Waals surface area contributed by atoms with Crippen LogP contribution in [0.25, 0.3) is 11.4 Å². The lowest BCUT2D eigenvalue weighted by Gasteiger charge is -2.28. The number of nitrogens with zero attached hydrogens (tertiary/aromatic N) is 5. The molecule has 5 nitrogen and oxygen atoms in total. The second-order valence-corrected chi connectivity index (χ2v) is 6.33. The zero-order valence-corrected chi connectivity index (χ0v) is 14.1. The monoisotopic (exact) mass is 355 g/mol. The maximum Gasteiger partial charge on any atom is 0.160 e. The van der Waals surface area contributed by atoms with E-state index in [0.29, 0.717) is 29.6 Å². The number of aromatic nitrogens is 4. The average Bonchev–Trinajstić information content (AvgIpc) is 2.65. The summed E-state index contributed by atoms with van der Waals surface area (Å²) < 4.78 is 13.4. The van der Waals surface area contributed by atoms with Crippen LogP contribution in [0.3, 0.4) is 0 Å². The Hall–Kier alpha value is -2.44. The van der Waals surface area contributed by atoms with Gasteiger partial charge in [0.25, 0.3) is 0 Å². The Kier molecular flexibility index (Phi) is 4.38. The molecule has 0 spiro atoms. The second kappa shape index (κ2) is 6.82. The van der Waals surface area contributed by atoms with Crippen LogP contribution in [0.5, 0.6) is 0 Å². The molecule has 0 aromatic carbocycles. The predicted octanol–water partition coefficient (Wildman–Crippen LogP) is 3.28. The first-order valence-electron chi connectivity index (χ1n) is 7.96. The number of pyridine rings is 2. The molecule has 0 aliphatic carbocycles. The van der Waals surface area contributed by atoms with Crippen molar-refractivity contribution >= 4 is 11.6 Å². The summed E-state index contributed by atoms with van der Waals surface area (Å²) in [5, 5.41) is 0.343. The molecule has 0 saturated heterocycles. The molecule has 4 rings (SSSR count). The normalized spacial score (nSPS) is 14.3. The Morgan fingerprint density at radius 2 is 2.12 bits per heavy atom. The minimum atomic E-state index is -0.374. The Labute approximate surface area is 149 Å². The number of halogens is 2. The van der Waals surface area contributed by atoms with Crippen LogP contribution in [0.15, 0.2) is 43.0 Å². The van der Waals surface area contributed by atoms with Crippen LogP contribution in [0, 0.1) is 5.82 Å². The number of fused-ring (bicyclic) bond motifs is 1. The van der Waals surface area contributed by atoms with E-state index >= 15 is 0 Å². The quantitative estimate of drug-likeness (QED) is 0.675. The highest BCUT2D eigenvalue weighted by atomic mass is 35.5. The van der Waals surface area contributed by atoms with E-state index in [1.54, 1.807) is 12.4 Å². The van der Waals surface area contributed by atoms with E-state index in [2.05, 4.69) is 24.8 Å². The molecule has 3 aromatic heterocycles. The van der Waals surface area contributed by atoms with Crippen molar-refractivity contribution in [2.45, 2.75) is 19.5 Å². The van der Waals surface area contributed by atoms with Gasteiger partial charge in [0, 0.05) is 61.3 Å². The zero-order valence-electron chi connectivity index (χ0n) is 13.4. The van der Waals surface area contributed by atoms with Gasteiger partial charge in [-0.15, -0.1) is 0 Å². The third-order valence-corrected chi connectivity index (χ3v) is 4.55. The minimum Gasteiger partial charge on any atom is -0.294 e. The first-order valence-corrected chi connectivity index (χ1v) is 8.34. The lowest BCUT2D eigenvalue weighted by molar-refractivity contribution is 0.242. The van der Waals surface area contributed by atoms with Gasteiger partial charge in [0.1, 0.15) is 11.0 Å². The molecular formula is C18H15ClFN5. The lowest BCUT2D eigenvalue weighted by atomic mass is 10.1. The van der Waals surface area contributed by atoms with Gasteiger partial charge in [-0.3, -0.25) is 9.88 Å². The third kappa shape index (κ3) is 3.50. The largest absolute Gasteiger partial charge is 0.294 e. The highest BCUT2D eigenvalue weighted by molar-refractivity contribution is 6.30. The van der Waals surface area contributed by atoms with E-state index in [1.807, 2.05) is 18.3 Å². The van der Waals surface area contributed by atoms with E-state index < -0.39 is 0 Å². The van der Waals surface area contributed by atoms with Crippen LogP contribution in [0.1, 0.15) is 16.8 Å². The van der Waals surface area contributed by atoms with Crippen molar-refractivity contribution in [1.29, 1.82) is 0 Å². The van der Waals surface area contributed by atoms with Gasteiger partial charge in [-0.2, -0.15) is 0 Å². The fraction of sp³-hybridized carbons (Fsp3) is 0.222. The summed E-state index contributed by atoms with van der Waals surface area (Å²) in [6.07, 6.45) is 7.29. The van der Waals surface area contributed by atoms with E-state index in [4.69, 9.17) is 11.6 Å². The van der Waals surface area contributed by atoms with Crippen molar-refractivity contribution in [3.8, 4) is 11.4 Å². The molecule has 1 aliphatic heterocycles. The molecule has 3 aromatic rings.